The van der Waals surface area contributed by atoms with Crippen molar-refractivity contribution in [1.82, 2.24) is 0 Å². The summed E-state index contributed by atoms with van der Waals surface area (Å²) in [6.07, 6.45) is 0. The first-order valence-electron chi connectivity index (χ1n) is 40.2. The van der Waals surface area contributed by atoms with Gasteiger partial charge in [-0.25, -0.2) is 0 Å². The minimum atomic E-state index is 1.26. The number of hydrogen-bond acceptors (Lipinski definition) is 0. The van der Waals surface area contributed by atoms with Crippen molar-refractivity contribution in [2.45, 2.75) is 34.6 Å². The van der Waals surface area contributed by atoms with Gasteiger partial charge in [-0.2, -0.15) is 0 Å². The first kappa shape index (κ1) is 69.9. The minimum absolute atomic E-state index is 1.26. The molecule has 0 amide bonds. The fraction of sp³-hybridized carbons (Fsp3) is 0.0435. The molecule has 0 unspecified atom stereocenters. The summed E-state index contributed by atoms with van der Waals surface area (Å²) in [7, 11) is 0. The second-order valence-electron chi connectivity index (χ2n) is 31.1. The van der Waals surface area contributed by atoms with E-state index in [1.165, 1.54) is 234 Å². The van der Waals surface area contributed by atoms with Crippen LogP contribution < -0.4 is 0 Å². The number of rotatable bonds is 4. The molecule has 542 valence electrons. The Morgan fingerprint density at radius 3 is 1.07 bits per heavy atom. The Labute approximate surface area is 670 Å². The highest BCUT2D eigenvalue weighted by molar-refractivity contribution is 6.27. The molecule has 0 aliphatic rings. The van der Waals surface area contributed by atoms with E-state index < -0.39 is 0 Å². The molecule has 0 radical (unpaired) electrons. The molecule has 0 aliphatic heterocycles. The molecule has 0 aromatic heterocycles. The molecule has 0 spiro atoms. The van der Waals surface area contributed by atoms with E-state index in [2.05, 4.69) is 441 Å². The van der Waals surface area contributed by atoms with Crippen molar-refractivity contribution in [3.63, 3.8) is 0 Å². The molecule has 24 aromatic carbocycles. The van der Waals surface area contributed by atoms with E-state index in [4.69, 9.17) is 0 Å². The molecule has 24 rings (SSSR count). The molecule has 0 aliphatic carbocycles. The smallest absolute Gasteiger partial charge is 0.00204 e. The van der Waals surface area contributed by atoms with Gasteiger partial charge in [0.05, 0.1) is 0 Å². The van der Waals surface area contributed by atoms with Crippen molar-refractivity contribution < 1.29 is 0 Å². The Balaban J connectivity index is 0.0000000959. The van der Waals surface area contributed by atoms with Crippen molar-refractivity contribution in [1.29, 1.82) is 0 Å². The molecule has 0 nitrogen and oxygen atoms in total. The maximum absolute atomic E-state index is 2.36. The average molecular weight is 1460 g/mol. The van der Waals surface area contributed by atoms with Crippen LogP contribution in [0, 0.1) is 34.6 Å². The minimum Gasteiger partial charge on any atom is -0.0616 e. The van der Waals surface area contributed by atoms with Crippen LogP contribution in [0.2, 0.25) is 0 Å². The summed E-state index contributed by atoms with van der Waals surface area (Å²) < 4.78 is 0. The van der Waals surface area contributed by atoms with E-state index in [1.54, 1.807) is 0 Å². The highest BCUT2D eigenvalue weighted by Crippen LogP contribution is 2.47. The molecule has 24 aromatic rings. The van der Waals surface area contributed by atoms with Crippen LogP contribution >= 0.6 is 0 Å². The topological polar surface area (TPSA) is 0 Å². The first-order valence-corrected chi connectivity index (χ1v) is 40.2. The van der Waals surface area contributed by atoms with E-state index in [0.717, 1.165) is 0 Å². The lowest BCUT2D eigenvalue weighted by atomic mass is 9.84. The number of hydrogen-bond donors (Lipinski definition) is 0. The van der Waals surface area contributed by atoms with Gasteiger partial charge in [0.15, 0.2) is 0 Å². The molecule has 0 bridgehead atoms. The number of fused-ring (bicyclic) bond motifs is 10. The Kier molecular flexibility index (Phi) is 17.9. The van der Waals surface area contributed by atoms with Gasteiger partial charge in [-0.15, -0.1) is 0 Å². The van der Waals surface area contributed by atoms with Crippen LogP contribution in [0.25, 0.3) is 206 Å². The quantitative estimate of drug-likeness (QED) is 0.122. The Morgan fingerprint density at radius 1 is 0.139 bits per heavy atom. The van der Waals surface area contributed by atoms with Gasteiger partial charge in [-0.1, -0.05) is 405 Å². The summed E-state index contributed by atoms with van der Waals surface area (Å²) >= 11 is 0. The van der Waals surface area contributed by atoms with Crippen molar-refractivity contribution >= 4 is 162 Å². The van der Waals surface area contributed by atoms with E-state index in [1.807, 2.05) is 0 Å². The van der Waals surface area contributed by atoms with Crippen LogP contribution in [-0.2, 0) is 0 Å². The zero-order valence-electron chi connectivity index (χ0n) is 65.2. The number of aryl methyl sites for hydroxylation is 5. The molecule has 0 fully saturated rings. The highest BCUT2D eigenvalue weighted by atomic mass is 14.2. The summed E-state index contributed by atoms with van der Waals surface area (Å²) in [5.74, 6) is 0. The van der Waals surface area contributed by atoms with E-state index in [9.17, 15) is 0 Å². The van der Waals surface area contributed by atoms with Crippen LogP contribution in [-0.4, -0.2) is 0 Å². The lowest BCUT2D eigenvalue weighted by Crippen LogP contribution is -1.92. The standard InChI is InChI=1S/C35H24.C25H18.C23H16.C17H12.C15H12/c1-23-14-19-32-33(20-23)35(29-18-16-25-9-3-5-11-27(25)22-29)31-13-7-6-12-30(31)34(32)28-17-15-24-8-2-4-10-26(24)21-28;1-17-19-11-4-6-14-22(19)25(23-15-7-5-12-20(17)23)24-16-8-10-18-9-2-3-13-21(18)24;1-15-5-7-16(8-6-15)20-13-11-19-10-9-17-3-2-4-18-12-14-21(20)23(19)22(17)18;1-11-5-6-14-8-7-12-3-2-4-13-9-10-15(11)17(14)16(12)13;1-11-10-12-6-2-3-8-14(12)15-9-5-4-7-13(11)15/h2-22H,1H3;2-16H,1H3;2-14H,1H3;2-10H,1H3;2-10H,1H3. The van der Waals surface area contributed by atoms with Crippen molar-refractivity contribution in [2.24, 2.45) is 0 Å². The molecule has 0 saturated carbocycles. The molecular weight excluding hydrogens is 1380 g/mol. The SMILES string of the molecule is Cc1c2ccccc2c(-c2cccc3ccccc23)c2ccccc12.Cc1cc2ccccc2c2ccccc12.Cc1ccc(-c2ccc3ccc4cccc5ccc2c3c45)cc1.Cc1ccc2c(-c3ccc4ccccc4c3)c3ccccc3c(-c3ccc4ccccc4c3)c2c1.Cc1ccc2ccc3cccc4ccc1c2c34. The third-order valence-corrected chi connectivity index (χ3v) is 24.1. The third-order valence-electron chi connectivity index (χ3n) is 24.1. The molecular formula is C115H82. The van der Waals surface area contributed by atoms with Crippen LogP contribution in [0.15, 0.2) is 406 Å². The zero-order valence-corrected chi connectivity index (χ0v) is 65.2. The van der Waals surface area contributed by atoms with Crippen molar-refractivity contribution in [3.8, 4) is 44.5 Å². The predicted molar refractivity (Wildman–Crippen MR) is 503 cm³/mol. The largest absolute Gasteiger partial charge is 0.0616 e. The van der Waals surface area contributed by atoms with Crippen LogP contribution in [0.1, 0.15) is 27.8 Å². The maximum atomic E-state index is 2.36. The van der Waals surface area contributed by atoms with Gasteiger partial charge in [0.2, 0.25) is 0 Å². The fourth-order valence-electron chi connectivity index (χ4n) is 18.5. The second kappa shape index (κ2) is 29.4. The van der Waals surface area contributed by atoms with Gasteiger partial charge >= 0.3 is 0 Å². The summed E-state index contributed by atoms with van der Waals surface area (Å²) in [5.41, 5.74) is 17.0. The Hall–Kier alpha value is -14.3. The first-order chi connectivity index (χ1) is 56.6. The van der Waals surface area contributed by atoms with E-state index in [-0.39, 0.29) is 0 Å². The number of benzene rings is 24. The van der Waals surface area contributed by atoms with Gasteiger partial charge < -0.3 is 0 Å². The normalized spacial score (nSPS) is 11.5. The maximum Gasteiger partial charge on any atom is -0.00204 e. The van der Waals surface area contributed by atoms with E-state index in [0.29, 0.717) is 0 Å². The van der Waals surface area contributed by atoms with Crippen LogP contribution in [0.5, 0.6) is 0 Å². The average Bonchev–Trinajstić information content (AvgIpc) is 0.742. The lowest BCUT2D eigenvalue weighted by molar-refractivity contribution is 1.47. The fourth-order valence-corrected chi connectivity index (χ4v) is 18.5. The summed E-state index contributed by atoms with van der Waals surface area (Å²) in [5, 5.41) is 39.9. The zero-order chi connectivity index (χ0) is 77.2. The summed E-state index contributed by atoms with van der Waals surface area (Å²) in [4.78, 5) is 0. The van der Waals surface area contributed by atoms with E-state index >= 15 is 0 Å². The second-order valence-corrected chi connectivity index (χ2v) is 31.1. The van der Waals surface area contributed by atoms with Crippen molar-refractivity contribution in [2.75, 3.05) is 0 Å². The van der Waals surface area contributed by atoms with Gasteiger partial charge in [0, 0.05) is 0 Å². The van der Waals surface area contributed by atoms with Crippen LogP contribution in [0.3, 0.4) is 0 Å². The van der Waals surface area contributed by atoms with Gasteiger partial charge in [0.25, 0.3) is 0 Å². The highest BCUT2D eigenvalue weighted by Gasteiger charge is 2.20. The van der Waals surface area contributed by atoms with Gasteiger partial charge in [-0.3, -0.25) is 0 Å². The predicted octanol–water partition coefficient (Wildman–Crippen LogP) is 32.8. The van der Waals surface area contributed by atoms with Crippen molar-refractivity contribution in [3.05, 3.63) is 434 Å². The van der Waals surface area contributed by atoms with Gasteiger partial charge in [-0.05, 0) is 270 Å². The molecule has 0 saturated heterocycles. The molecule has 0 atom stereocenters. The molecule has 0 N–H and O–H groups in total. The monoisotopic (exact) mass is 1460 g/mol. The Morgan fingerprint density at radius 2 is 0.496 bits per heavy atom. The summed E-state index contributed by atoms with van der Waals surface area (Å²) in [6, 6.07) is 148. The lowest BCUT2D eigenvalue weighted by Gasteiger charge is -2.19. The molecule has 115 heavy (non-hydrogen) atoms. The summed E-state index contributed by atoms with van der Waals surface area (Å²) in [6.45, 7) is 10.9. The Bertz CT molecular complexity index is 7800. The molecule has 0 heterocycles. The third kappa shape index (κ3) is 12.6. The van der Waals surface area contributed by atoms with Gasteiger partial charge in [0.1, 0.15) is 0 Å². The molecule has 0 heteroatoms. The van der Waals surface area contributed by atoms with Crippen LogP contribution in [0.4, 0.5) is 0 Å².